The van der Waals surface area contributed by atoms with Crippen molar-refractivity contribution in [2.75, 3.05) is 5.32 Å². The lowest BCUT2D eigenvalue weighted by Gasteiger charge is -2.11. The summed E-state index contributed by atoms with van der Waals surface area (Å²) in [6.07, 6.45) is 0. The van der Waals surface area contributed by atoms with Crippen molar-refractivity contribution >= 4 is 22.5 Å². The van der Waals surface area contributed by atoms with Gasteiger partial charge in [-0.2, -0.15) is 10.2 Å². The third kappa shape index (κ3) is 3.30. The predicted octanol–water partition coefficient (Wildman–Crippen LogP) is 5.04. The second-order valence-corrected chi connectivity index (χ2v) is 5.60. The second-order valence-electron chi connectivity index (χ2n) is 5.60. The van der Waals surface area contributed by atoms with Crippen LogP contribution in [0.15, 0.2) is 78.9 Å². The highest BCUT2D eigenvalue weighted by Gasteiger charge is 2.10. The molecule has 0 unspecified atom stereocenters. The highest BCUT2D eigenvalue weighted by molar-refractivity contribution is 5.85. The number of aromatic nitrogens is 2. The molecule has 5 nitrogen and oxygen atoms in total. The van der Waals surface area contributed by atoms with Gasteiger partial charge >= 0.3 is 0 Å². The zero-order valence-corrected chi connectivity index (χ0v) is 13.8. The van der Waals surface area contributed by atoms with E-state index in [1.165, 1.54) is 0 Å². The van der Waals surface area contributed by atoms with Crippen molar-refractivity contribution in [2.45, 2.75) is 0 Å². The number of hydrogen-bond donors (Lipinski definition) is 1. The summed E-state index contributed by atoms with van der Waals surface area (Å²) >= 11 is 0. The number of benzene rings is 3. The van der Waals surface area contributed by atoms with E-state index in [-0.39, 0.29) is 0 Å². The molecular formula is C21H14N4O. The molecule has 3 aromatic carbocycles. The number of fused-ring (bicyclic) bond motifs is 1. The molecule has 1 N–H and O–H groups in total. The maximum absolute atomic E-state index is 8.90. The fourth-order valence-electron chi connectivity index (χ4n) is 2.54. The Morgan fingerprint density at radius 1 is 0.808 bits per heavy atom. The molecule has 0 fully saturated rings. The van der Waals surface area contributed by atoms with Crippen LogP contribution in [0, 0.1) is 11.3 Å². The third-order valence-corrected chi connectivity index (χ3v) is 3.80. The van der Waals surface area contributed by atoms with E-state index >= 15 is 0 Å². The normalized spacial score (nSPS) is 10.3. The first-order chi connectivity index (χ1) is 12.8. The van der Waals surface area contributed by atoms with Crippen LogP contribution in [0.1, 0.15) is 5.56 Å². The minimum absolute atomic E-state index is 0.430. The average Bonchev–Trinajstić information content (AvgIpc) is 2.69. The molecule has 0 aliphatic rings. The summed E-state index contributed by atoms with van der Waals surface area (Å²) < 4.78 is 5.97. The van der Waals surface area contributed by atoms with Crippen molar-refractivity contribution in [2.24, 2.45) is 0 Å². The molecule has 4 aromatic rings. The zero-order valence-electron chi connectivity index (χ0n) is 13.8. The minimum atomic E-state index is 0.430. The molecular weight excluding hydrogens is 324 g/mol. The summed E-state index contributed by atoms with van der Waals surface area (Å²) in [7, 11) is 0. The Bertz CT molecular complexity index is 1090. The van der Waals surface area contributed by atoms with E-state index in [2.05, 4.69) is 21.4 Å². The van der Waals surface area contributed by atoms with Gasteiger partial charge < -0.3 is 10.1 Å². The van der Waals surface area contributed by atoms with E-state index in [9.17, 15) is 0 Å². The van der Waals surface area contributed by atoms with E-state index in [0.29, 0.717) is 23.1 Å². The van der Waals surface area contributed by atoms with Gasteiger partial charge in [0, 0.05) is 5.69 Å². The Kier molecular flexibility index (Phi) is 4.15. The SMILES string of the molecule is N#Cc1ccc(Nc2nc(Oc3ccccc3)c3ccccc3n2)cc1. The standard InChI is InChI=1S/C21H14N4O/c22-14-15-10-12-16(13-11-15)23-21-24-19-9-5-4-8-18(19)20(25-21)26-17-6-2-1-3-7-17/h1-13H,(H,23,24,25). The zero-order chi connectivity index (χ0) is 17.8. The quantitative estimate of drug-likeness (QED) is 0.564. The monoisotopic (exact) mass is 338 g/mol. The molecule has 0 aliphatic heterocycles. The van der Waals surface area contributed by atoms with Crippen LogP contribution in [0.4, 0.5) is 11.6 Å². The van der Waals surface area contributed by atoms with Crippen molar-refractivity contribution in [3.8, 4) is 17.7 Å². The Morgan fingerprint density at radius 2 is 1.54 bits per heavy atom. The molecule has 0 saturated carbocycles. The van der Waals surface area contributed by atoms with Crippen molar-refractivity contribution in [1.82, 2.24) is 9.97 Å². The number of rotatable bonds is 4. The van der Waals surface area contributed by atoms with Gasteiger partial charge in [0.25, 0.3) is 0 Å². The molecule has 0 spiro atoms. The van der Waals surface area contributed by atoms with Crippen molar-refractivity contribution in [3.05, 3.63) is 84.4 Å². The first-order valence-corrected chi connectivity index (χ1v) is 8.09. The largest absolute Gasteiger partial charge is 0.438 e. The number of nitrogens with zero attached hydrogens (tertiary/aromatic N) is 3. The minimum Gasteiger partial charge on any atom is -0.438 e. The van der Waals surface area contributed by atoms with Crippen LogP contribution in [0.3, 0.4) is 0 Å². The fourth-order valence-corrected chi connectivity index (χ4v) is 2.54. The Balaban J connectivity index is 1.72. The number of ether oxygens (including phenoxy) is 1. The van der Waals surface area contributed by atoms with Crippen LogP contribution in [0.25, 0.3) is 10.9 Å². The van der Waals surface area contributed by atoms with Crippen LogP contribution in [0.2, 0.25) is 0 Å². The number of anilines is 2. The smallest absolute Gasteiger partial charge is 0.231 e. The summed E-state index contributed by atoms with van der Waals surface area (Å²) in [4.78, 5) is 9.07. The highest BCUT2D eigenvalue weighted by Crippen LogP contribution is 2.29. The Morgan fingerprint density at radius 3 is 2.31 bits per heavy atom. The first kappa shape index (κ1) is 15.6. The molecule has 0 aliphatic carbocycles. The summed E-state index contributed by atoms with van der Waals surface area (Å²) in [5.41, 5.74) is 2.18. The number of para-hydroxylation sites is 2. The first-order valence-electron chi connectivity index (χ1n) is 8.09. The summed E-state index contributed by atoms with van der Waals surface area (Å²) in [5.74, 6) is 1.62. The van der Waals surface area contributed by atoms with Gasteiger partial charge in [-0.25, -0.2) is 4.98 Å². The molecule has 1 heterocycles. The maximum Gasteiger partial charge on any atom is 0.231 e. The molecule has 0 radical (unpaired) electrons. The molecule has 0 bridgehead atoms. The molecule has 0 saturated heterocycles. The van der Waals surface area contributed by atoms with Gasteiger partial charge in [-0.15, -0.1) is 0 Å². The van der Waals surface area contributed by atoms with Crippen LogP contribution >= 0.6 is 0 Å². The van der Waals surface area contributed by atoms with E-state index in [1.807, 2.05) is 66.7 Å². The van der Waals surface area contributed by atoms with Gasteiger partial charge in [-0.1, -0.05) is 30.3 Å². The Hall–Kier alpha value is -3.91. The molecule has 5 heteroatoms. The van der Waals surface area contributed by atoms with Gasteiger partial charge in [-0.05, 0) is 48.5 Å². The molecule has 26 heavy (non-hydrogen) atoms. The van der Waals surface area contributed by atoms with Crippen molar-refractivity contribution in [1.29, 1.82) is 5.26 Å². The molecule has 1 aromatic heterocycles. The van der Waals surface area contributed by atoms with Crippen LogP contribution in [-0.4, -0.2) is 9.97 Å². The lowest BCUT2D eigenvalue weighted by molar-refractivity contribution is 0.469. The van der Waals surface area contributed by atoms with Gasteiger partial charge in [-0.3, -0.25) is 0 Å². The Labute approximate surface area is 150 Å². The molecule has 4 rings (SSSR count). The van der Waals surface area contributed by atoms with Gasteiger partial charge in [0.15, 0.2) is 0 Å². The number of nitriles is 1. The topological polar surface area (TPSA) is 70.8 Å². The lowest BCUT2D eigenvalue weighted by Crippen LogP contribution is -2.00. The summed E-state index contributed by atoms with van der Waals surface area (Å²) in [6, 6.07) is 26.4. The van der Waals surface area contributed by atoms with E-state index in [0.717, 1.165) is 16.6 Å². The predicted molar refractivity (Wildman–Crippen MR) is 100 cm³/mol. The molecule has 124 valence electrons. The molecule has 0 atom stereocenters. The van der Waals surface area contributed by atoms with Crippen LogP contribution in [-0.2, 0) is 0 Å². The van der Waals surface area contributed by atoms with Crippen molar-refractivity contribution in [3.63, 3.8) is 0 Å². The molecule has 0 amide bonds. The van der Waals surface area contributed by atoms with Crippen molar-refractivity contribution < 1.29 is 4.74 Å². The maximum atomic E-state index is 8.90. The third-order valence-electron chi connectivity index (χ3n) is 3.80. The van der Waals surface area contributed by atoms with E-state index in [4.69, 9.17) is 10.00 Å². The fraction of sp³-hybridized carbons (Fsp3) is 0. The van der Waals surface area contributed by atoms with Gasteiger partial charge in [0.1, 0.15) is 5.75 Å². The average molecular weight is 338 g/mol. The summed E-state index contributed by atoms with van der Waals surface area (Å²) in [6.45, 7) is 0. The van der Waals surface area contributed by atoms with Crippen LogP contribution in [0.5, 0.6) is 11.6 Å². The van der Waals surface area contributed by atoms with E-state index < -0.39 is 0 Å². The van der Waals surface area contributed by atoms with Crippen LogP contribution < -0.4 is 10.1 Å². The lowest BCUT2D eigenvalue weighted by atomic mass is 10.2. The summed E-state index contributed by atoms with van der Waals surface area (Å²) in [5, 5.41) is 12.9. The van der Waals surface area contributed by atoms with Gasteiger partial charge in [0.05, 0.1) is 22.5 Å². The second kappa shape index (κ2) is 6.91. The number of nitrogens with one attached hydrogen (secondary N) is 1. The van der Waals surface area contributed by atoms with E-state index in [1.54, 1.807) is 12.1 Å². The highest BCUT2D eigenvalue weighted by atomic mass is 16.5. The number of hydrogen-bond acceptors (Lipinski definition) is 5. The van der Waals surface area contributed by atoms with Gasteiger partial charge in [0.2, 0.25) is 11.8 Å².